The van der Waals surface area contributed by atoms with Crippen LogP contribution < -0.4 is 0 Å². The molecule has 0 atom stereocenters. The molecule has 0 aliphatic carbocycles. The van der Waals surface area contributed by atoms with Crippen molar-refractivity contribution in [1.82, 2.24) is 9.38 Å². The van der Waals surface area contributed by atoms with Gasteiger partial charge >= 0.3 is 5.97 Å². The highest BCUT2D eigenvalue weighted by molar-refractivity contribution is 6.30. The fraction of sp³-hybridized carbons (Fsp3) is 0.273. The number of carboxylic acid groups (broad SMARTS) is 1. The Morgan fingerprint density at radius 2 is 2.38 bits per heavy atom. The number of halogens is 1. The van der Waals surface area contributed by atoms with Gasteiger partial charge in [0.25, 0.3) is 0 Å². The van der Waals surface area contributed by atoms with Gasteiger partial charge in [-0.05, 0) is 24.1 Å². The largest absolute Gasteiger partial charge is 0.481 e. The Bertz CT molecular complexity index is 548. The number of nitrogens with zero attached hydrogens (tertiary/aromatic N) is 2. The molecule has 0 saturated carbocycles. The zero-order valence-corrected chi connectivity index (χ0v) is 9.53. The summed E-state index contributed by atoms with van der Waals surface area (Å²) in [6.45, 7) is 1.98. The number of rotatable bonds is 3. The fourth-order valence-corrected chi connectivity index (χ4v) is 1.93. The molecule has 0 radical (unpaired) electrons. The summed E-state index contributed by atoms with van der Waals surface area (Å²) in [5.41, 5.74) is 2.25. The van der Waals surface area contributed by atoms with Crippen LogP contribution in [0.25, 0.3) is 5.65 Å². The summed E-state index contributed by atoms with van der Waals surface area (Å²) in [5.74, 6) is -0.849. The predicted octanol–water partition coefficient (Wildman–Crippen LogP) is 2.18. The first-order valence-electron chi connectivity index (χ1n) is 4.99. The molecular weight excluding hydrogens is 228 g/mol. The van der Waals surface area contributed by atoms with Gasteiger partial charge in [-0.3, -0.25) is 9.20 Å². The van der Waals surface area contributed by atoms with E-state index in [9.17, 15) is 4.79 Å². The Kier molecular flexibility index (Phi) is 2.83. The van der Waals surface area contributed by atoms with Crippen molar-refractivity contribution >= 4 is 23.2 Å². The van der Waals surface area contributed by atoms with Gasteiger partial charge in [0.15, 0.2) is 0 Å². The van der Waals surface area contributed by atoms with Gasteiger partial charge in [0, 0.05) is 6.20 Å². The maximum absolute atomic E-state index is 10.6. The smallest absolute Gasteiger partial charge is 0.307 e. The Morgan fingerprint density at radius 3 is 3.00 bits per heavy atom. The standard InChI is InChI=1S/C11H11ClN2O2/c1-2-8-11(12)14-4-3-7(6-10(15)16)5-9(14)13-8/h3-5H,2,6H2,1H3,(H,15,16). The van der Waals surface area contributed by atoms with Crippen molar-refractivity contribution in [3.63, 3.8) is 0 Å². The van der Waals surface area contributed by atoms with E-state index in [0.29, 0.717) is 10.8 Å². The van der Waals surface area contributed by atoms with E-state index in [-0.39, 0.29) is 6.42 Å². The first-order valence-corrected chi connectivity index (χ1v) is 5.36. The SMILES string of the molecule is CCc1nc2cc(CC(=O)O)ccn2c1Cl. The van der Waals surface area contributed by atoms with Crippen LogP contribution in [0.4, 0.5) is 0 Å². The van der Waals surface area contributed by atoms with Crippen LogP contribution in [0.5, 0.6) is 0 Å². The summed E-state index contributed by atoms with van der Waals surface area (Å²) in [6, 6.07) is 3.49. The Labute approximate surface area is 97.5 Å². The zero-order valence-electron chi connectivity index (χ0n) is 8.77. The van der Waals surface area contributed by atoms with Gasteiger partial charge in [-0.15, -0.1) is 0 Å². The number of imidazole rings is 1. The first kappa shape index (κ1) is 11.0. The average molecular weight is 239 g/mol. The highest BCUT2D eigenvalue weighted by atomic mass is 35.5. The molecule has 0 saturated heterocycles. The molecule has 0 bridgehead atoms. The summed E-state index contributed by atoms with van der Waals surface area (Å²) >= 11 is 6.10. The summed E-state index contributed by atoms with van der Waals surface area (Å²) in [5, 5.41) is 9.29. The number of carboxylic acids is 1. The van der Waals surface area contributed by atoms with Crippen molar-refractivity contribution in [1.29, 1.82) is 0 Å². The van der Waals surface area contributed by atoms with Crippen molar-refractivity contribution in [3.05, 3.63) is 34.7 Å². The first-order chi connectivity index (χ1) is 7.61. The molecule has 5 heteroatoms. The summed E-state index contributed by atoms with van der Waals surface area (Å²) in [6.07, 6.45) is 2.51. The molecule has 0 spiro atoms. The second-order valence-corrected chi connectivity index (χ2v) is 3.89. The minimum absolute atomic E-state index is 0.00242. The van der Waals surface area contributed by atoms with Gasteiger partial charge in [0.1, 0.15) is 10.8 Å². The molecule has 16 heavy (non-hydrogen) atoms. The molecule has 2 rings (SSSR count). The minimum Gasteiger partial charge on any atom is -0.481 e. The zero-order chi connectivity index (χ0) is 11.7. The lowest BCUT2D eigenvalue weighted by Gasteiger charge is -1.98. The summed E-state index contributed by atoms with van der Waals surface area (Å²) in [4.78, 5) is 14.9. The summed E-state index contributed by atoms with van der Waals surface area (Å²) in [7, 11) is 0. The number of carbonyl (C=O) groups is 1. The van der Waals surface area contributed by atoms with Crippen LogP contribution in [0.3, 0.4) is 0 Å². The van der Waals surface area contributed by atoms with Crippen LogP contribution in [-0.2, 0) is 17.6 Å². The van der Waals surface area contributed by atoms with Crippen molar-refractivity contribution in [2.75, 3.05) is 0 Å². The normalized spacial score (nSPS) is 10.9. The van der Waals surface area contributed by atoms with E-state index in [4.69, 9.17) is 16.7 Å². The van der Waals surface area contributed by atoms with E-state index in [0.717, 1.165) is 17.7 Å². The molecule has 2 heterocycles. The van der Waals surface area contributed by atoms with E-state index >= 15 is 0 Å². The number of hydrogen-bond donors (Lipinski definition) is 1. The molecule has 84 valence electrons. The molecule has 0 unspecified atom stereocenters. The van der Waals surface area contributed by atoms with Crippen molar-refractivity contribution in [3.8, 4) is 0 Å². The number of aliphatic carboxylic acids is 1. The van der Waals surface area contributed by atoms with Gasteiger partial charge in [0.2, 0.25) is 0 Å². The van der Waals surface area contributed by atoms with Crippen molar-refractivity contribution in [2.24, 2.45) is 0 Å². The van der Waals surface area contributed by atoms with Crippen LogP contribution in [0, 0.1) is 0 Å². The molecule has 2 aromatic heterocycles. The molecule has 4 nitrogen and oxygen atoms in total. The van der Waals surface area contributed by atoms with E-state index < -0.39 is 5.97 Å². The number of pyridine rings is 1. The maximum atomic E-state index is 10.6. The topological polar surface area (TPSA) is 54.6 Å². The van der Waals surface area contributed by atoms with Crippen LogP contribution >= 0.6 is 11.6 Å². The number of hydrogen-bond acceptors (Lipinski definition) is 2. The van der Waals surface area contributed by atoms with E-state index in [2.05, 4.69) is 4.98 Å². The number of aryl methyl sites for hydroxylation is 1. The third-order valence-corrected chi connectivity index (χ3v) is 2.79. The highest BCUT2D eigenvalue weighted by Gasteiger charge is 2.09. The highest BCUT2D eigenvalue weighted by Crippen LogP contribution is 2.19. The van der Waals surface area contributed by atoms with Gasteiger partial charge in [-0.25, -0.2) is 4.98 Å². The third kappa shape index (κ3) is 1.88. The molecule has 0 aliphatic rings. The van der Waals surface area contributed by atoms with E-state index in [1.54, 1.807) is 22.7 Å². The Morgan fingerprint density at radius 1 is 1.62 bits per heavy atom. The van der Waals surface area contributed by atoms with Crippen LogP contribution in [0.2, 0.25) is 5.15 Å². The molecule has 1 N–H and O–H groups in total. The number of fused-ring (bicyclic) bond motifs is 1. The predicted molar refractivity (Wildman–Crippen MR) is 60.9 cm³/mol. The monoisotopic (exact) mass is 238 g/mol. The van der Waals surface area contributed by atoms with Crippen LogP contribution in [-0.4, -0.2) is 20.5 Å². The lowest BCUT2D eigenvalue weighted by Crippen LogP contribution is -2.00. The quantitative estimate of drug-likeness (QED) is 0.892. The third-order valence-electron chi connectivity index (χ3n) is 2.39. The Hall–Kier alpha value is -1.55. The minimum atomic E-state index is -0.849. The molecule has 2 aromatic rings. The Balaban J connectivity index is 2.50. The lowest BCUT2D eigenvalue weighted by molar-refractivity contribution is -0.136. The maximum Gasteiger partial charge on any atom is 0.307 e. The van der Waals surface area contributed by atoms with Crippen molar-refractivity contribution < 1.29 is 9.90 Å². The van der Waals surface area contributed by atoms with E-state index in [1.807, 2.05) is 6.92 Å². The fourth-order valence-electron chi connectivity index (χ4n) is 1.62. The molecule has 0 aromatic carbocycles. The van der Waals surface area contributed by atoms with Gasteiger partial charge in [-0.2, -0.15) is 0 Å². The van der Waals surface area contributed by atoms with Crippen LogP contribution in [0.15, 0.2) is 18.3 Å². The summed E-state index contributed by atoms with van der Waals surface area (Å²) < 4.78 is 1.76. The van der Waals surface area contributed by atoms with Gasteiger partial charge in [0.05, 0.1) is 12.1 Å². The molecule has 0 amide bonds. The average Bonchev–Trinajstić information content (AvgIpc) is 2.54. The van der Waals surface area contributed by atoms with Crippen molar-refractivity contribution in [2.45, 2.75) is 19.8 Å². The second kappa shape index (κ2) is 4.14. The molecule has 0 aliphatic heterocycles. The number of aromatic nitrogens is 2. The van der Waals surface area contributed by atoms with E-state index in [1.165, 1.54) is 0 Å². The molecule has 0 fully saturated rings. The molecular formula is C11H11ClN2O2. The van der Waals surface area contributed by atoms with Gasteiger partial charge < -0.3 is 5.11 Å². The lowest BCUT2D eigenvalue weighted by atomic mass is 10.2. The second-order valence-electron chi connectivity index (χ2n) is 3.54. The van der Waals surface area contributed by atoms with Gasteiger partial charge in [-0.1, -0.05) is 18.5 Å². The van der Waals surface area contributed by atoms with Crippen LogP contribution in [0.1, 0.15) is 18.2 Å².